The molecule has 2 heterocycles. The predicted octanol–water partition coefficient (Wildman–Crippen LogP) is 2.63. The topological polar surface area (TPSA) is 111 Å². The van der Waals surface area contributed by atoms with Gasteiger partial charge in [-0.3, -0.25) is 9.69 Å². The third-order valence-electron chi connectivity index (χ3n) is 6.91. The Bertz CT molecular complexity index is 1070. The maximum atomic E-state index is 12.9. The van der Waals surface area contributed by atoms with Crippen LogP contribution >= 0.6 is 0 Å². The minimum atomic E-state index is -3.68. The first-order valence-electron chi connectivity index (χ1n) is 12.7. The molecule has 0 aromatic heterocycles. The van der Waals surface area contributed by atoms with Crippen molar-refractivity contribution in [1.82, 2.24) is 10.4 Å². The Labute approximate surface area is 215 Å². The smallest absolute Gasteiger partial charge is 0.264 e. The molecule has 1 amide bonds. The molecule has 0 aliphatic carbocycles. The van der Waals surface area contributed by atoms with Gasteiger partial charge < -0.3 is 10.5 Å². The predicted molar refractivity (Wildman–Crippen MR) is 141 cm³/mol. The Balaban J connectivity index is 1.54. The van der Waals surface area contributed by atoms with Crippen LogP contribution in [0.1, 0.15) is 63.0 Å². The summed E-state index contributed by atoms with van der Waals surface area (Å²) >= 11 is 0. The number of carbonyl (C=O) groups is 1. The van der Waals surface area contributed by atoms with E-state index < -0.39 is 26.8 Å². The van der Waals surface area contributed by atoms with Crippen molar-refractivity contribution in [3.05, 3.63) is 41.5 Å². The Morgan fingerprint density at radius 2 is 2.08 bits per heavy atom. The van der Waals surface area contributed by atoms with Crippen molar-refractivity contribution in [2.45, 2.75) is 62.9 Å². The van der Waals surface area contributed by atoms with Crippen molar-refractivity contribution >= 4 is 21.3 Å². The van der Waals surface area contributed by atoms with Gasteiger partial charge in [0.15, 0.2) is 20.9 Å². The lowest BCUT2D eigenvalue weighted by Gasteiger charge is -2.32. The van der Waals surface area contributed by atoms with Crippen molar-refractivity contribution in [3.63, 3.8) is 0 Å². The van der Waals surface area contributed by atoms with Crippen LogP contribution in [0.2, 0.25) is 0 Å². The summed E-state index contributed by atoms with van der Waals surface area (Å²) in [6.07, 6.45) is 8.05. The molecule has 1 saturated heterocycles. The van der Waals surface area contributed by atoms with E-state index in [0.717, 1.165) is 50.5 Å². The lowest BCUT2D eigenvalue weighted by atomic mass is 9.98. The fraction of sp³-hybridized carbons (Fsp3) is 0.593. The van der Waals surface area contributed by atoms with Crippen molar-refractivity contribution in [2.75, 3.05) is 39.0 Å². The van der Waals surface area contributed by atoms with E-state index in [-0.39, 0.29) is 6.42 Å². The number of hydrogen-bond acceptors (Lipinski definition) is 7. The molecule has 198 valence electrons. The highest BCUT2D eigenvalue weighted by molar-refractivity contribution is 7.92. The number of ether oxygens (including phenoxy) is 1. The number of carbonyl (C=O) groups excluding carboxylic acids is 1. The number of hydrogen-bond donors (Lipinski definition) is 2. The number of nitrogens with one attached hydrogen (secondary N) is 1. The average Bonchev–Trinajstić information content (AvgIpc) is 2.89. The van der Waals surface area contributed by atoms with Crippen LogP contribution in [0.25, 0.3) is 5.57 Å². The summed E-state index contributed by atoms with van der Waals surface area (Å²) in [7, 11) is -3.68. The summed E-state index contributed by atoms with van der Waals surface area (Å²) in [4.78, 5) is 20.4. The van der Waals surface area contributed by atoms with E-state index in [4.69, 9.17) is 15.3 Å². The van der Waals surface area contributed by atoms with Crippen LogP contribution in [0.4, 0.5) is 0 Å². The summed E-state index contributed by atoms with van der Waals surface area (Å²) in [5.74, 6) is 5.65. The Kier molecular flexibility index (Phi) is 10.5. The van der Waals surface area contributed by atoms with E-state index in [2.05, 4.69) is 40.4 Å². The van der Waals surface area contributed by atoms with Crippen LogP contribution in [0, 0.1) is 11.8 Å². The van der Waals surface area contributed by atoms with E-state index in [1.165, 1.54) is 18.1 Å². The Hall–Kier alpha value is -2.22. The second kappa shape index (κ2) is 13.4. The van der Waals surface area contributed by atoms with Gasteiger partial charge in [0.05, 0.1) is 0 Å². The first-order valence-corrected chi connectivity index (χ1v) is 14.6. The molecular formula is C27H39N3O5S. The van der Waals surface area contributed by atoms with Crippen LogP contribution in [0.15, 0.2) is 30.3 Å². The van der Waals surface area contributed by atoms with Gasteiger partial charge in [-0.25, -0.2) is 18.7 Å². The van der Waals surface area contributed by atoms with Crippen LogP contribution < -0.4 is 11.2 Å². The van der Waals surface area contributed by atoms with Gasteiger partial charge in [-0.1, -0.05) is 30.0 Å². The molecule has 1 fully saturated rings. The fourth-order valence-electron chi connectivity index (χ4n) is 4.17. The Morgan fingerprint density at radius 1 is 1.31 bits per heavy atom. The molecular weight excluding hydrogens is 478 g/mol. The van der Waals surface area contributed by atoms with Gasteiger partial charge in [0.2, 0.25) is 0 Å². The summed E-state index contributed by atoms with van der Waals surface area (Å²) in [6, 6.07) is 8.26. The number of sulfone groups is 1. The summed E-state index contributed by atoms with van der Waals surface area (Å²) < 4.78 is 29.0. The molecule has 2 unspecified atom stereocenters. The van der Waals surface area contributed by atoms with Crippen molar-refractivity contribution in [3.8, 4) is 11.8 Å². The van der Waals surface area contributed by atoms with E-state index in [1.807, 2.05) is 12.1 Å². The van der Waals surface area contributed by atoms with Gasteiger partial charge >= 0.3 is 0 Å². The van der Waals surface area contributed by atoms with Gasteiger partial charge in [0, 0.05) is 50.9 Å². The fourth-order valence-corrected chi connectivity index (χ4v) is 5.01. The molecule has 1 aromatic rings. The monoisotopic (exact) mass is 517 g/mol. The highest BCUT2D eigenvalue weighted by atomic mass is 32.2. The number of hydroxylamine groups is 1. The minimum Gasteiger partial charge on any atom is -0.350 e. The molecule has 36 heavy (non-hydrogen) atoms. The summed E-state index contributed by atoms with van der Waals surface area (Å²) in [6.45, 7) is 4.67. The molecule has 8 nitrogen and oxygen atoms in total. The summed E-state index contributed by atoms with van der Waals surface area (Å²) in [5.41, 5.74) is 11.3. The molecule has 1 aromatic carbocycles. The molecule has 9 heteroatoms. The lowest BCUT2D eigenvalue weighted by molar-refractivity contribution is -0.201. The summed E-state index contributed by atoms with van der Waals surface area (Å²) in [5, 5.41) is 0. The molecule has 2 aliphatic rings. The Morgan fingerprint density at radius 3 is 2.69 bits per heavy atom. The molecule has 0 bridgehead atoms. The molecule has 2 atom stereocenters. The lowest BCUT2D eigenvalue weighted by Crippen LogP contribution is -2.52. The van der Waals surface area contributed by atoms with E-state index in [9.17, 15) is 13.2 Å². The normalized spacial score (nSPS) is 20.5. The van der Waals surface area contributed by atoms with Crippen LogP contribution in [-0.2, 0) is 24.2 Å². The number of nitrogens with zero attached hydrogens (tertiary/aromatic N) is 1. The number of amides is 1. The molecule has 0 saturated carbocycles. The molecule has 0 radical (unpaired) electrons. The number of rotatable bonds is 10. The maximum Gasteiger partial charge on any atom is 0.264 e. The quantitative estimate of drug-likeness (QED) is 0.279. The van der Waals surface area contributed by atoms with E-state index in [1.54, 1.807) is 0 Å². The standard InChI is InChI=1S/C27H39N3O5S/c1-27(36(2,32)33,26(31)29-35-25-9-5-7-21-34-25)16-20-30-18-14-24(15-19-30)23-12-10-22(11-13-23)8-4-3-6-17-28/h10-14,25H,3,5-7,9,15-21,28H2,1-2H3,(H,29,31). The van der Waals surface area contributed by atoms with Gasteiger partial charge in [-0.05, 0) is 68.8 Å². The maximum absolute atomic E-state index is 12.9. The SMILES string of the molecule is CC(CCN1CC=C(c2ccc(C#CCCCN)cc2)CC1)(C(=O)NOC1CCCCO1)S(C)(=O)=O. The third kappa shape index (κ3) is 7.89. The van der Waals surface area contributed by atoms with E-state index >= 15 is 0 Å². The highest BCUT2D eigenvalue weighted by Crippen LogP contribution is 2.26. The van der Waals surface area contributed by atoms with Crippen molar-refractivity contribution in [2.24, 2.45) is 5.73 Å². The van der Waals surface area contributed by atoms with Crippen molar-refractivity contribution < 1.29 is 22.8 Å². The van der Waals surface area contributed by atoms with Gasteiger partial charge in [0.1, 0.15) is 0 Å². The van der Waals surface area contributed by atoms with Gasteiger partial charge in [-0.2, -0.15) is 0 Å². The van der Waals surface area contributed by atoms with Crippen LogP contribution in [0.3, 0.4) is 0 Å². The largest absolute Gasteiger partial charge is 0.350 e. The van der Waals surface area contributed by atoms with Crippen LogP contribution in [-0.4, -0.2) is 69.3 Å². The molecule has 3 N–H and O–H groups in total. The second-order valence-corrected chi connectivity index (χ2v) is 12.1. The molecule has 0 spiro atoms. The molecule has 2 aliphatic heterocycles. The van der Waals surface area contributed by atoms with Gasteiger partial charge in [-0.15, -0.1) is 0 Å². The first kappa shape index (κ1) is 28.4. The van der Waals surface area contributed by atoms with Crippen LogP contribution in [0.5, 0.6) is 0 Å². The highest BCUT2D eigenvalue weighted by Gasteiger charge is 2.44. The second-order valence-electron chi connectivity index (χ2n) is 9.65. The minimum absolute atomic E-state index is 0.174. The van der Waals surface area contributed by atoms with E-state index in [0.29, 0.717) is 32.7 Å². The zero-order valence-electron chi connectivity index (χ0n) is 21.4. The number of unbranched alkanes of at least 4 members (excludes halogenated alkanes) is 1. The zero-order chi connectivity index (χ0) is 26.0. The first-order chi connectivity index (χ1) is 17.2. The number of benzene rings is 1. The van der Waals surface area contributed by atoms with Gasteiger partial charge in [0.25, 0.3) is 5.91 Å². The van der Waals surface area contributed by atoms with Crippen molar-refractivity contribution in [1.29, 1.82) is 0 Å². The zero-order valence-corrected chi connectivity index (χ0v) is 22.2. The molecule has 3 rings (SSSR count). The number of nitrogens with two attached hydrogens (primary N) is 1. The average molecular weight is 518 g/mol. The third-order valence-corrected chi connectivity index (χ3v) is 8.94.